The molecule has 0 unspecified atom stereocenters. The molecule has 20 heavy (non-hydrogen) atoms. The van der Waals surface area contributed by atoms with Crippen LogP contribution < -0.4 is 5.73 Å². The molecule has 0 fully saturated rings. The van der Waals surface area contributed by atoms with Crippen molar-refractivity contribution in [1.82, 2.24) is 9.78 Å². The van der Waals surface area contributed by atoms with Crippen LogP contribution >= 0.6 is 11.6 Å². The summed E-state index contributed by atoms with van der Waals surface area (Å²) in [4.78, 5) is 0. The third-order valence-electron chi connectivity index (χ3n) is 3.23. The Hall–Kier alpha value is -2.26. The average Bonchev–Trinajstić information content (AvgIpc) is 2.82. The van der Waals surface area contributed by atoms with Crippen LogP contribution in [0.5, 0.6) is 0 Å². The molecule has 0 spiro atoms. The number of hydrogen-bond acceptors (Lipinski definition) is 2. The smallest absolute Gasteiger partial charge is 0.116 e. The molecule has 3 rings (SSSR count). The van der Waals surface area contributed by atoms with E-state index in [1.807, 2.05) is 48.7 Å². The van der Waals surface area contributed by atoms with Crippen molar-refractivity contribution in [2.75, 3.05) is 5.73 Å². The van der Waals surface area contributed by atoms with E-state index in [-0.39, 0.29) is 0 Å². The second-order valence-electron chi connectivity index (χ2n) is 4.67. The van der Waals surface area contributed by atoms with Gasteiger partial charge in [-0.2, -0.15) is 5.10 Å². The van der Waals surface area contributed by atoms with E-state index in [1.54, 1.807) is 4.68 Å². The Morgan fingerprint density at radius 3 is 2.45 bits per heavy atom. The largest absolute Gasteiger partial charge is 0.396 e. The molecule has 3 nitrogen and oxygen atoms in total. The second kappa shape index (κ2) is 5.02. The third-order valence-corrected chi connectivity index (χ3v) is 3.49. The van der Waals surface area contributed by atoms with Crippen LogP contribution in [0, 0.1) is 6.92 Å². The third kappa shape index (κ3) is 2.28. The maximum atomic E-state index is 6.10. The fourth-order valence-electron chi connectivity index (χ4n) is 2.16. The average molecular weight is 284 g/mol. The highest BCUT2D eigenvalue weighted by atomic mass is 35.5. The lowest BCUT2D eigenvalue weighted by Crippen LogP contribution is -1.94. The van der Waals surface area contributed by atoms with Gasteiger partial charge in [-0.1, -0.05) is 35.9 Å². The van der Waals surface area contributed by atoms with E-state index in [4.69, 9.17) is 17.3 Å². The molecule has 0 bridgehead atoms. The zero-order valence-electron chi connectivity index (χ0n) is 11.0. The van der Waals surface area contributed by atoms with Crippen molar-refractivity contribution in [2.24, 2.45) is 0 Å². The molecule has 0 saturated carbocycles. The first-order chi connectivity index (χ1) is 9.65. The van der Waals surface area contributed by atoms with Gasteiger partial charge in [-0.15, -0.1) is 0 Å². The van der Waals surface area contributed by atoms with Gasteiger partial charge in [0.2, 0.25) is 0 Å². The van der Waals surface area contributed by atoms with Gasteiger partial charge in [0.25, 0.3) is 0 Å². The number of nitrogens with two attached hydrogens (primary N) is 1. The Bertz CT molecular complexity index is 745. The molecular formula is C16H14ClN3. The zero-order chi connectivity index (χ0) is 14.1. The van der Waals surface area contributed by atoms with Crippen LogP contribution in [0.15, 0.2) is 54.7 Å². The van der Waals surface area contributed by atoms with Crippen molar-refractivity contribution in [2.45, 2.75) is 6.92 Å². The van der Waals surface area contributed by atoms with Crippen LogP contribution in [0.1, 0.15) is 5.56 Å². The summed E-state index contributed by atoms with van der Waals surface area (Å²) in [6, 6.07) is 15.6. The van der Waals surface area contributed by atoms with Crippen LogP contribution in [0.3, 0.4) is 0 Å². The minimum Gasteiger partial charge on any atom is -0.396 e. The summed E-state index contributed by atoms with van der Waals surface area (Å²) in [5.41, 5.74) is 10.7. The summed E-state index contributed by atoms with van der Waals surface area (Å²) in [6.07, 6.45) is 1.82. The monoisotopic (exact) mass is 283 g/mol. The van der Waals surface area contributed by atoms with Gasteiger partial charge < -0.3 is 5.73 Å². The van der Waals surface area contributed by atoms with E-state index >= 15 is 0 Å². The minimum absolute atomic E-state index is 0.661. The molecule has 0 aliphatic heterocycles. The summed E-state index contributed by atoms with van der Waals surface area (Å²) in [6.45, 7) is 2.05. The zero-order valence-corrected chi connectivity index (χ0v) is 11.8. The van der Waals surface area contributed by atoms with Crippen LogP contribution in [-0.2, 0) is 0 Å². The number of aryl methyl sites for hydroxylation is 1. The van der Waals surface area contributed by atoms with Gasteiger partial charge in [-0.3, -0.25) is 0 Å². The van der Waals surface area contributed by atoms with E-state index in [1.165, 1.54) is 0 Å². The maximum Gasteiger partial charge on any atom is 0.116 e. The molecule has 3 aromatic rings. The van der Waals surface area contributed by atoms with Crippen molar-refractivity contribution in [3.05, 3.63) is 65.3 Å². The highest BCUT2D eigenvalue weighted by Crippen LogP contribution is 2.28. The molecular weight excluding hydrogens is 270 g/mol. The molecule has 0 saturated heterocycles. The molecule has 4 heteroatoms. The summed E-state index contributed by atoms with van der Waals surface area (Å²) in [7, 11) is 0. The SMILES string of the molecule is Cc1ccccc1-c1nn(-c2ccc(Cl)cc2)cc1N. The van der Waals surface area contributed by atoms with Gasteiger partial charge in [0, 0.05) is 10.6 Å². The molecule has 2 aromatic carbocycles. The topological polar surface area (TPSA) is 43.8 Å². The van der Waals surface area contributed by atoms with Gasteiger partial charge in [0.15, 0.2) is 0 Å². The Kier molecular flexibility index (Phi) is 3.20. The van der Waals surface area contributed by atoms with Gasteiger partial charge in [-0.05, 0) is 36.8 Å². The van der Waals surface area contributed by atoms with Gasteiger partial charge >= 0.3 is 0 Å². The molecule has 0 atom stereocenters. The lowest BCUT2D eigenvalue weighted by Gasteiger charge is -2.03. The first-order valence-corrected chi connectivity index (χ1v) is 6.70. The summed E-state index contributed by atoms with van der Waals surface area (Å²) < 4.78 is 1.77. The summed E-state index contributed by atoms with van der Waals surface area (Å²) in [5.74, 6) is 0. The molecule has 2 N–H and O–H groups in total. The predicted octanol–water partition coefficient (Wildman–Crippen LogP) is 4.08. The second-order valence-corrected chi connectivity index (χ2v) is 5.11. The Morgan fingerprint density at radius 2 is 1.75 bits per heavy atom. The van der Waals surface area contributed by atoms with Crippen molar-refractivity contribution in [3.8, 4) is 16.9 Å². The van der Waals surface area contributed by atoms with Gasteiger partial charge in [0.1, 0.15) is 5.69 Å². The number of anilines is 1. The number of nitrogens with zero attached hydrogens (tertiary/aromatic N) is 2. The lowest BCUT2D eigenvalue weighted by molar-refractivity contribution is 0.884. The number of aromatic nitrogens is 2. The van der Waals surface area contributed by atoms with Gasteiger partial charge in [-0.25, -0.2) is 4.68 Å². The van der Waals surface area contributed by atoms with Crippen LogP contribution in [0.2, 0.25) is 5.02 Å². The summed E-state index contributed by atoms with van der Waals surface area (Å²) >= 11 is 5.90. The summed E-state index contributed by atoms with van der Waals surface area (Å²) in [5, 5.41) is 5.29. The first kappa shape index (κ1) is 12.8. The highest BCUT2D eigenvalue weighted by Gasteiger charge is 2.11. The van der Waals surface area contributed by atoms with E-state index in [0.717, 1.165) is 22.5 Å². The van der Waals surface area contributed by atoms with Crippen molar-refractivity contribution >= 4 is 17.3 Å². The molecule has 100 valence electrons. The molecule has 0 radical (unpaired) electrons. The Balaban J connectivity index is 2.08. The van der Waals surface area contributed by atoms with Crippen LogP contribution in [0.25, 0.3) is 16.9 Å². The molecule has 0 amide bonds. The van der Waals surface area contributed by atoms with Crippen LogP contribution in [-0.4, -0.2) is 9.78 Å². The standard InChI is InChI=1S/C16H14ClN3/c1-11-4-2-3-5-14(11)16-15(18)10-20(19-16)13-8-6-12(17)7-9-13/h2-10H,18H2,1H3. The van der Waals surface area contributed by atoms with E-state index in [2.05, 4.69) is 18.1 Å². The quantitative estimate of drug-likeness (QED) is 0.770. The number of rotatable bonds is 2. The van der Waals surface area contributed by atoms with Crippen LogP contribution in [0.4, 0.5) is 5.69 Å². The predicted molar refractivity (Wildman–Crippen MR) is 83.2 cm³/mol. The number of halogens is 1. The normalized spacial score (nSPS) is 10.7. The van der Waals surface area contributed by atoms with Crippen molar-refractivity contribution in [3.63, 3.8) is 0 Å². The van der Waals surface area contributed by atoms with E-state index in [0.29, 0.717) is 10.7 Å². The number of nitrogen functional groups attached to an aromatic ring is 1. The van der Waals surface area contributed by atoms with Crippen molar-refractivity contribution in [1.29, 1.82) is 0 Å². The molecule has 0 aliphatic carbocycles. The fourth-order valence-corrected chi connectivity index (χ4v) is 2.29. The Morgan fingerprint density at radius 1 is 1.05 bits per heavy atom. The first-order valence-electron chi connectivity index (χ1n) is 6.32. The lowest BCUT2D eigenvalue weighted by atomic mass is 10.1. The Labute approximate surface area is 122 Å². The molecule has 0 aliphatic rings. The maximum absolute atomic E-state index is 6.10. The van der Waals surface area contributed by atoms with E-state index in [9.17, 15) is 0 Å². The van der Waals surface area contributed by atoms with Gasteiger partial charge in [0.05, 0.1) is 17.6 Å². The fraction of sp³-hybridized carbons (Fsp3) is 0.0625. The molecule has 1 heterocycles. The minimum atomic E-state index is 0.661. The highest BCUT2D eigenvalue weighted by molar-refractivity contribution is 6.30. The number of hydrogen-bond donors (Lipinski definition) is 1. The molecule has 1 aromatic heterocycles. The van der Waals surface area contributed by atoms with E-state index < -0.39 is 0 Å². The number of benzene rings is 2. The van der Waals surface area contributed by atoms with Crippen molar-refractivity contribution < 1.29 is 0 Å².